The molecule has 0 radical (unpaired) electrons. The van der Waals surface area contributed by atoms with E-state index in [4.69, 9.17) is 4.94 Å². The molecule has 2 aromatic carbocycles. The second-order valence-electron chi connectivity index (χ2n) is 4.30. The summed E-state index contributed by atoms with van der Waals surface area (Å²) in [6, 6.07) is 17.2. The van der Waals surface area contributed by atoms with Crippen molar-refractivity contribution in [2.45, 2.75) is 13.0 Å². The third kappa shape index (κ3) is 1.76. The number of para-hydroxylation sites is 1. The van der Waals surface area contributed by atoms with Crippen LogP contribution in [0.25, 0.3) is 0 Å². The molecule has 4 heteroatoms. The Morgan fingerprint density at radius 3 is 2.50 bits per heavy atom. The fraction of sp³-hybridized carbons (Fsp3) is 0.143. The molecule has 0 aliphatic carbocycles. The van der Waals surface area contributed by atoms with Crippen molar-refractivity contribution in [1.82, 2.24) is 0 Å². The SMILES string of the molecule is CC1c2ccccc2[NH+]([O-])ON1c1ccccc1. The Balaban J connectivity index is 2.02. The van der Waals surface area contributed by atoms with Crippen LogP contribution in [-0.4, -0.2) is 0 Å². The summed E-state index contributed by atoms with van der Waals surface area (Å²) >= 11 is 0. The zero-order valence-corrected chi connectivity index (χ0v) is 10.0. The van der Waals surface area contributed by atoms with Crippen molar-refractivity contribution in [3.8, 4) is 0 Å². The highest BCUT2D eigenvalue weighted by Crippen LogP contribution is 2.32. The third-order valence-corrected chi connectivity index (χ3v) is 3.17. The minimum absolute atomic E-state index is 0.0151. The minimum atomic E-state index is -0.299. The molecular weight excluding hydrogens is 228 g/mol. The van der Waals surface area contributed by atoms with E-state index < -0.39 is 0 Å². The average molecular weight is 242 g/mol. The van der Waals surface area contributed by atoms with E-state index in [2.05, 4.69) is 0 Å². The van der Waals surface area contributed by atoms with Crippen molar-refractivity contribution in [1.29, 1.82) is 0 Å². The number of hydrogen-bond acceptors (Lipinski definition) is 3. The van der Waals surface area contributed by atoms with Crippen LogP contribution in [0, 0.1) is 5.21 Å². The molecule has 0 saturated heterocycles. The van der Waals surface area contributed by atoms with Gasteiger partial charge in [-0.2, -0.15) is 10.3 Å². The van der Waals surface area contributed by atoms with Crippen LogP contribution in [0.1, 0.15) is 18.5 Å². The summed E-state index contributed by atoms with van der Waals surface area (Å²) in [4.78, 5) is 5.41. The Morgan fingerprint density at radius 2 is 1.72 bits per heavy atom. The van der Waals surface area contributed by atoms with E-state index in [1.807, 2.05) is 55.5 Å². The molecule has 2 aromatic rings. The number of benzene rings is 2. The van der Waals surface area contributed by atoms with Crippen LogP contribution in [0.15, 0.2) is 54.6 Å². The Hall–Kier alpha value is -1.88. The largest absolute Gasteiger partial charge is 0.593 e. The molecule has 92 valence electrons. The molecule has 1 heterocycles. The molecule has 0 aromatic heterocycles. The second-order valence-corrected chi connectivity index (χ2v) is 4.30. The van der Waals surface area contributed by atoms with E-state index in [9.17, 15) is 5.21 Å². The first-order chi connectivity index (χ1) is 8.77. The number of nitrogens with zero attached hydrogens (tertiary/aromatic N) is 1. The highest BCUT2D eigenvalue weighted by Gasteiger charge is 2.30. The molecule has 2 atom stereocenters. The van der Waals surface area contributed by atoms with Crippen LogP contribution in [0.4, 0.5) is 11.4 Å². The van der Waals surface area contributed by atoms with Crippen molar-refractivity contribution in [3.05, 3.63) is 65.4 Å². The van der Waals surface area contributed by atoms with Gasteiger partial charge in [0.1, 0.15) is 0 Å². The van der Waals surface area contributed by atoms with Crippen molar-refractivity contribution >= 4 is 11.4 Å². The molecule has 0 fully saturated rings. The lowest BCUT2D eigenvalue weighted by Gasteiger charge is -2.38. The van der Waals surface area contributed by atoms with Crippen molar-refractivity contribution in [3.63, 3.8) is 0 Å². The van der Waals surface area contributed by atoms with Gasteiger partial charge in [0, 0.05) is 11.6 Å². The lowest BCUT2D eigenvalue weighted by atomic mass is 10.0. The van der Waals surface area contributed by atoms with E-state index in [-0.39, 0.29) is 11.3 Å². The molecule has 18 heavy (non-hydrogen) atoms. The van der Waals surface area contributed by atoms with Gasteiger partial charge in [-0.05, 0) is 19.1 Å². The zero-order valence-electron chi connectivity index (χ0n) is 10.0. The standard InChI is InChI=1S/C14H14N2O2/c1-11-13-9-5-6-10-14(13)16(17)18-15(11)12-7-3-2-4-8-12/h2-11,16H,1H3. The topological polar surface area (TPSA) is 40.0 Å². The van der Waals surface area contributed by atoms with Gasteiger partial charge in [0.25, 0.3) is 0 Å². The smallest absolute Gasteiger partial charge is 0.171 e. The predicted octanol–water partition coefficient (Wildman–Crippen LogP) is 2.13. The normalized spacial score (nSPS) is 22.7. The van der Waals surface area contributed by atoms with Crippen LogP contribution < -0.4 is 10.3 Å². The molecule has 1 N–H and O–H groups in total. The van der Waals surface area contributed by atoms with Crippen LogP contribution in [0.3, 0.4) is 0 Å². The zero-order chi connectivity index (χ0) is 12.5. The quantitative estimate of drug-likeness (QED) is 0.779. The second kappa shape index (κ2) is 4.42. The van der Waals surface area contributed by atoms with Crippen LogP contribution in [0.2, 0.25) is 0 Å². The lowest BCUT2D eigenvalue weighted by Crippen LogP contribution is -3.04. The molecule has 1 aliphatic rings. The van der Waals surface area contributed by atoms with E-state index in [0.29, 0.717) is 5.69 Å². The lowest BCUT2D eigenvalue weighted by molar-refractivity contribution is -1.00. The van der Waals surface area contributed by atoms with Gasteiger partial charge in [-0.25, -0.2) is 0 Å². The summed E-state index contributed by atoms with van der Waals surface area (Å²) in [6.07, 6.45) is 0. The maximum Gasteiger partial charge on any atom is 0.171 e. The number of nitrogens with one attached hydrogen (secondary N) is 1. The van der Waals surface area contributed by atoms with E-state index >= 15 is 0 Å². The molecular formula is C14H14N2O2. The third-order valence-electron chi connectivity index (χ3n) is 3.17. The first-order valence-corrected chi connectivity index (χ1v) is 5.93. The number of hydrogen-bond donors (Lipinski definition) is 1. The summed E-state index contributed by atoms with van der Waals surface area (Å²) < 4.78 is 0. The highest BCUT2D eigenvalue weighted by molar-refractivity contribution is 5.51. The number of hydroxylamine groups is 1. The highest BCUT2D eigenvalue weighted by atomic mass is 17.0. The van der Waals surface area contributed by atoms with Crippen LogP contribution in [0.5, 0.6) is 0 Å². The van der Waals surface area contributed by atoms with Gasteiger partial charge in [-0.3, -0.25) is 0 Å². The van der Waals surface area contributed by atoms with Gasteiger partial charge in [-0.15, -0.1) is 0 Å². The Bertz CT molecular complexity index is 545. The fourth-order valence-electron chi connectivity index (χ4n) is 2.24. The van der Waals surface area contributed by atoms with Gasteiger partial charge in [0.2, 0.25) is 0 Å². The molecule has 1 aliphatic heterocycles. The summed E-state index contributed by atoms with van der Waals surface area (Å²) in [7, 11) is 0. The van der Waals surface area contributed by atoms with Crippen LogP contribution in [-0.2, 0) is 4.94 Å². The number of fused-ring (bicyclic) bond motifs is 1. The van der Waals surface area contributed by atoms with E-state index in [1.54, 1.807) is 11.1 Å². The maximum atomic E-state index is 12.0. The fourth-order valence-corrected chi connectivity index (χ4v) is 2.24. The van der Waals surface area contributed by atoms with Crippen molar-refractivity contribution < 1.29 is 10.2 Å². The average Bonchev–Trinajstić information content (AvgIpc) is 2.44. The monoisotopic (exact) mass is 242 g/mol. The van der Waals surface area contributed by atoms with Crippen molar-refractivity contribution in [2.24, 2.45) is 0 Å². The summed E-state index contributed by atoms with van der Waals surface area (Å²) in [5.74, 6) is 0. The Kier molecular flexibility index (Phi) is 2.76. The summed E-state index contributed by atoms with van der Waals surface area (Å²) in [6.45, 7) is 2.03. The van der Waals surface area contributed by atoms with E-state index in [1.165, 1.54) is 0 Å². The minimum Gasteiger partial charge on any atom is -0.593 e. The van der Waals surface area contributed by atoms with Gasteiger partial charge in [0.15, 0.2) is 5.69 Å². The van der Waals surface area contributed by atoms with Gasteiger partial charge >= 0.3 is 0 Å². The molecule has 3 rings (SSSR count). The van der Waals surface area contributed by atoms with Gasteiger partial charge in [-0.1, -0.05) is 41.3 Å². The Morgan fingerprint density at radius 1 is 1.06 bits per heavy atom. The molecule has 2 unspecified atom stereocenters. The Labute approximate surface area is 106 Å². The van der Waals surface area contributed by atoms with Crippen molar-refractivity contribution in [2.75, 3.05) is 5.06 Å². The molecule has 0 amide bonds. The molecule has 0 saturated carbocycles. The maximum absolute atomic E-state index is 12.0. The predicted molar refractivity (Wildman–Crippen MR) is 68.9 cm³/mol. The first-order valence-electron chi connectivity index (χ1n) is 5.93. The molecule has 4 nitrogen and oxygen atoms in total. The van der Waals surface area contributed by atoms with Gasteiger partial charge < -0.3 is 5.21 Å². The molecule has 0 spiro atoms. The first kappa shape index (κ1) is 11.2. The number of anilines is 1. The summed E-state index contributed by atoms with van der Waals surface area (Å²) in [5, 5.41) is 13.3. The van der Waals surface area contributed by atoms with E-state index in [0.717, 1.165) is 11.3 Å². The number of rotatable bonds is 1. The summed E-state index contributed by atoms with van der Waals surface area (Å²) in [5.41, 5.74) is 2.53. The van der Waals surface area contributed by atoms with Gasteiger partial charge in [0.05, 0.1) is 11.7 Å². The molecule has 0 bridgehead atoms. The van der Waals surface area contributed by atoms with Crippen LogP contribution >= 0.6 is 0 Å². The number of quaternary nitrogens is 1.